The van der Waals surface area contributed by atoms with Crippen LogP contribution >= 0.6 is 0 Å². The highest BCUT2D eigenvalue weighted by atomic mass is 16.2. The second-order valence-electron chi connectivity index (χ2n) is 7.44. The largest absolute Gasteiger partial charge is 0.371 e. The maximum Gasteiger partial charge on any atom is 0.224 e. The van der Waals surface area contributed by atoms with Gasteiger partial charge < -0.3 is 15.5 Å². The lowest BCUT2D eigenvalue weighted by Gasteiger charge is -2.30. The van der Waals surface area contributed by atoms with E-state index in [1.807, 2.05) is 24.5 Å². The molecule has 0 atom stereocenters. The number of nitrogens with zero attached hydrogens (tertiary/aromatic N) is 2. The molecular formula is C22H30N4O2. The third-order valence-corrected chi connectivity index (χ3v) is 5.22. The molecule has 1 aliphatic heterocycles. The summed E-state index contributed by atoms with van der Waals surface area (Å²) in [6.45, 7) is 4.36. The fourth-order valence-corrected chi connectivity index (χ4v) is 3.76. The highest BCUT2D eigenvalue weighted by molar-refractivity contribution is 6.06. The normalized spacial score (nSPS) is 14.1. The summed E-state index contributed by atoms with van der Waals surface area (Å²) >= 11 is 0. The first-order chi connectivity index (χ1) is 13.6. The average molecular weight is 383 g/mol. The Morgan fingerprint density at radius 3 is 2.64 bits per heavy atom. The zero-order chi connectivity index (χ0) is 19.8. The zero-order valence-electron chi connectivity index (χ0n) is 16.7. The lowest BCUT2D eigenvalue weighted by atomic mass is 10.0. The lowest BCUT2D eigenvalue weighted by Crippen LogP contribution is -2.29. The van der Waals surface area contributed by atoms with E-state index in [1.54, 1.807) is 0 Å². The molecule has 3 rings (SSSR count). The lowest BCUT2D eigenvalue weighted by molar-refractivity contribution is -0.119. The molecule has 2 heterocycles. The molecule has 2 amide bonds. The van der Waals surface area contributed by atoms with Gasteiger partial charge in [0.05, 0.1) is 5.69 Å². The van der Waals surface area contributed by atoms with E-state index in [1.165, 1.54) is 31.9 Å². The molecule has 0 spiro atoms. The van der Waals surface area contributed by atoms with E-state index in [-0.39, 0.29) is 11.8 Å². The fraction of sp³-hybridized carbons (Fsp3) is 0.500. The van der Waals surface area contributed by atoms with Crippen molar-refractivity contribution in [3.63, 3.8) is 0 Å². The maximum absolute atomic E-state index is 12.4. The number of fused-ring (bicyclic) bond motifs is 1. The highest BCUT2D eigenvalue weighted by Crippen LogP contribution is 2.33. The number of carbonyl (C=O) groups is 2. The summed E-state index contributed by atoms with van der Waals surface area (Å²) in [5.74, 6) is 0.0154. The molecule has 2 N–H and O–H groups in total. The Kier molecular flexibility index (Phi) is 7.23. The van der Waals surface area contributed by atoms with Crippen LogP contribution in [0.15, 0.2) is 30.6 Å². The summed E-state index contributed by atoms with van der Waals surface area (Å²) in [6.07, 6.45) is 10.5. The van der Waals surface area contributed by atoms with Gasteiger partial charge in [0.15, 0.2) is 0 Å². The van der Waals surface area contributed by atoms with Crippen molar-refractivity contribution in [3.05, 3.63) is 30.6 Å². The number of pyridine rings is 1. The molecule has 0 saturated carbocycles. The summed E-state index contributed by atoms with van der Waals surface area (Å²) in [4.78, 5) is 29.9. The number of benzene rings is 1. The molecule has 0 aliphatic carbocycles. The van der Waals surface area contributed by atoms with Gasteiger partial charge in [-0.05, 0) is 50.3 Å². The Morgan fingerprint density at radius 2 is 1.86 bits per heavy atom. The molecule has 0 unspecified atom stereocenters. The van der Waals surface area contributed by atoms with Crippen molar-refractivity contribution in [2.45, 2.75) is 51.9 Å². The van der Waals surface area contributed by atoms with Crippen molar-refractivity contribution in [2.24, 2.45) is 0 Å². The predicted octanol–water partition coefficient (Wildman–Crippen LogP) is 3.86. The molecule has 1 saturated heterocycles. The average Bonchev–Trinajstić information content (AvgIpc) is 2.71. The molecule has 1 aromatic heterocycles. The number of aromatic nitrogens is 1. The van der Waals surface area contributed by atoms with Gasteiger partial charge in [-0.3, -0.25) is 14.6 Å². The van der Waals surface area contributed by atoms with E-state index in [9.17, 15) is 9.59 Å². The number of carbonyl (C=O) groups excluding carboxylic acids is 2. The summed E-state index contributed by atoms with van der Waals surface area (Å²) in [7, 11) is 0. The van der Waals surface area contributed by atoms with Crippen molar-refractivity contribution in [1.29, 1.82) is 0 Å². The minimum absolute atomic E-state index is 0.00812. The first-order valence-electron chi connectivity index (χ1n) is 10.3. The molecule has 1 aromatic carbocycles. The minimum Gasteiger partial charge on any atom is -0.371 e. The quantitative estimate of drug-likeness (QED) is 0.680. The summed E-state index contributed by atoms with van der Waals surface area (Å²) in [5, 5.41) is 7.97. The fourth-order valence-electron chi connectivity index (χ4n) is 3.76. The highest BCUT2D eigenvalue weighted by Gasteiger charge is 2.15. The minimum atomic E-state index is -0.00812. The molecule has 28 heavy (non-hydrogen) atoms. The van der Waals surface area contributed by atoms with E-state index in [2.05, 4.69) is 26.6 Å². The number of rotatable bonds is 8. The Hall–Kier alpha value is -2.63. The van der Waals surface area contributed by atoms with E-state index in [0.29, 0.717) is 13.0 Å². The van der Waals surface area contributed by atoms with Crippen LogP contribution in [-0.4, -0.2) is 36.4 Å². The summed E-state index contributed by atoms with van der Waals surface area (Å²) in [6, 6.07) is 6.16. The van der Waals surface area contributed by atoms with Crippen LogP contribution in [0.4, 0.5) is 11.4 Å². The van der Waals surface area contributed by atoms with Crippen LogP contribution in [-0.2, 0) is 9.59 Å². The second kappa shape index (κ2) is 10.1. The van der Waals surface area contributed by atoms with Crippen molar-refractivity contribution >= 4 is 34.0 Å². The Morgan fingerprint density at radius 1 is 1.04 bits per heavy atom. The van der Waals surface area contributed by atoms with Gasteiger partial charge in [-0.15, -0.1) is 0 Å². The van der Waals surface area contributed by atoms with E-state index >= 15 is 0 Å². The molecule has 2 aromatic rings. The van der Waals surface area contributed by atoms with E-state index < -0.39 is 0 Å². The molecule has 6 heteroatoms. The van der Waals surface area contributed by atoms with Gasteiger partial charge in [0.25, 0.3) is 0 Å². The standard InChI is InChI=1S/C22H30N4O2/c1-17(27)24-12-5-2-4-8-22(28)25-20-9-10-21(26-14-6-3-7-15-26)18-11-13-23-16-19(18)20/h9-11,13,16H,2-8,12,14-15H2,1H3,(H,24,27)(H,25,28). The number of nitrogens with one attached hydrogen (secondary N) is 2. The molecule has 6 nitrogen and oxygen atoms in total. The van der Waals surface area contributed by atoms with Crippen LogP contribution in [0.3, 0.4) is 0 Å². The SMILES string of the molecule is CC(=O)NCCCCCC(=O)Nc1ccc(N2CCCCC2)c2ccncc12. The summed E-state index contributed by atoms with van der Waals surface area (Å²) < 4.78 is 0. The van der Waals surface area contributed by atoms with Crippen molar-refractivity contribution in [3.8, 4) is 0 Å². The van der Waals surface area contributed by atoms with E-state index in [4.69, 9.17) is 0 Å². The van der Waals surface area contributed by atoms with Crippen LogP contribution in [0.5, 0.6) is 0 Å². The number of hydrogen-bond acceptors (Lipinski definition) is 4. The molecule has 1 fully saturated rings. The summed E-state index contributed by atoms with van der Waals surface area (Å²) in [5.41, 5.74) is 2.06. The Labute approximate surface area is 166 Å². The predicted molar refractivity (Wildman–Crippen MR) is 114 cm³/mol. The number of unbranched alkanes of at least 4 members (excludes halogenated alkanes) is 2. The van der Waals surface area contributed by atoms with Gasteiger partial charge in [-0.2, -0.15) is 0 Å². The molecule has 0 bridgehead atoms. The third kappa shape index (κ3) is 5.44. The number of anilines is 2. The second-order valence-corrected chi connectivity index (χ2v) is 7.44. The maximum atomic E-state index is 12.4. The van der Waals surface area contributed by atoms with Crippen LogP contribution in [0.2, 0.25) is 0 Å². The van der Waals surface area contributed by atoms with E-state index in [0.717, 1.165) is 48.8 Å². The Bertz CT molecular complexity index is 815. The molecule has 150 valence electrons. The van der Waals surface area contributed by atoms with Crippen molar-refractivity contribution < 1.29 is 9.59 Å². The molecule has 1 aliphatic rings. The number of hydrogen-bond donors (Lipinski definition) is 2. The first-order valence-corrected chi connectivity index (χ1v) is 10.3. The van der Waals surface area contributed by atoms with Crippen LogP contribution < -0.4 is 15.5 Å². The zero-order valence-corrected chi connectivity index (χ0v) is 16.7. The van der Waals surface area contributed by atoms with Crippen LogP contribution in [0.25, 0.3) is 10.8 Å². The third-order valence-electron chi connectivity index (χ3n) is 5.22. The topological polar surface area (TPSA) is 74.3 Å². The first kappa shape index (κ1) is 20.1. The Balaban J connectivity index is 1.60. The number of amides is 2. The smallest absolute Gasteiger partial charge is 0.224 e. The van der Waals surface area contributed by atoms with Gasteiger partial charge in [-0.25, -0.2) is 0 Å². The van der Waals surface area contributed by atoms with Crippen LogP contribution in [0.1, 0.15) is 51.9 Å². The number of piperidine rings is 1. The van der Waals surface area contributed by atoms with Gasteiger partial charge in [0, 0.05) is 61.8 Å². The van der Waals surface area contributed by atoms with Crippen LogP contribution in [0, 0.1) is 0 Å². The van der Waals surface area contributed by atoms with Gasteiger partial charge in [-0.1, -0.05) is 6.42 Å². The van der Waals surface area contributed by atoms with Gasteiger partial charge in [0.2, 0.25) is 11.8 Å². The molecular weight excluding hydrogens is 352 g/mol. The van der Waals surface area contributed by atoms with Crippen molar-refractivity contribution in [2.75, 3.05) is 29.9 Å². The van der Waals surface area contributed by atoms with Crippen molar-refractivity contribution in [1.82, 2.24) is 10.3 Å². The monoisotopic (exact) mass is 382 g/mol. The van der Waals surface area contributed by atoms with Gasteiger partial charge in [0.1, 0.15) is 0 Å². The van der Waals surface area contributed by atoms with Gasteiger partial charge >= 0.3 is 0 Å². The molecule has 0 radical (unpaired) electrons.